The number of rotatable bonds is 3. The molecule has 0 bridgehead atoms. The van der Waals surface area contributed by atoms with Crippen LogP contribution < -0.4 is 5.73 Å². The third-order valence-electron chi connectivity index (χ3n) is 4.87. The molecule has 5 heteroatoms. The second-order valence-corrected chi connectivity index (χ2v) is 8.76. The van der Waals surface area contributed by atoms with Gasteiger partial charge in [0, 0.05) is 24.4 Å². The van der Waals surface area contributed by atoms with Crippen LogP contribution in [-0.2, 0) is 9.84 Å². The van der Waals surface area contributed by atoms with Gasteiger partial charge < -0.3 is 5.73 Å². The lowest BCUT2D eigenvalue weighted by atomic mass is 9.88. The fourth-order valence-corrected chi connectivity index (χ4v) is 4.97. The largest absolute Gasteiger partial charge is 0.327 e. The summed E-state index contributed by atoms with van der Waals surface area (Å²) < 4.78 is 23.6. The fraction of sp³-hybridized carbons (Fsp3) is 1.00. The van der Waals surface area contributed by atoms with E-state index in [-0.39, 0.29) is 11.3 Å². The molecule has 4 nitrogen and oxygen atoms in total. The van der Waals surface area contributed by atoms with Crippen molar-refractivity contribution >= 4 is 9.84 Å². The van der Waals surface area contributed by atoms with E-state index in [0.29, 0.717) is 12.1 Å². The average Bonchev–Trinajstić information content (AvgIpc) is 2.38. The minimum atomic E-state index is -2.89. The molecule has 0 aromatic heterocycles. The first-order valence-electron chi connectivity index (χ1n) is 7.60. The van der Waals surface area contributed by atoms with Gasteiger partial charge in [0.25, 0.3) is 0 Å². The molecule has 0 aromatic rings. The lowest BCUT2D eigenvalue weighted by Gasteiger charge is -2.45. The highest BCUT2D eigenvalue weighted by Crippen LogP contribution is 2.31. The normalized spacial score (nSPS) is 36.1. The van der Waals surface area contributed by atoms with E-state index in [2.05, 4.69) is 11.8 Å². The fourth-order valence-electron chi connectivity index (χ4n) is 3.81. The molecule has 112 valence electrons. The Morgan fingerprint density at radius 2 is 1.89 bits per heavy atom. The summed E-state index contributed by atoms with van der Waals surface area (Å²) in [5.74, 6) is 0. The van der Waals surface area contributed by atoms with Crippen molar-refractivity contribution in [2.24, 2.45) is 5.73 Å². The Balaban J connectivity index is 2.07. The highest BCUT2D eigenvalue weighted by atomic mass is 32.2. The van der Waals surface area contributed by atoms with Gasteiger partial charge in [-0.3, -0.25) is 4.90 Å². The second-order valence-electron chi connectivity index (χ2n) is 6.43. The third kappa shape index (κ3) is 3.70. The zero-order valence-corrected chi connectivity index (χ0v) is 13.0. The average molecular weight is 288 g/mol. The minimum absolute atomic E-state index is 0.137. The molecular formula is C14H28N2O2S. The maximum absolute atomic E-state index is 11.8. The molecule has 1 aliphatic heterocycles. The molecule has 1 aliphatic carbocycles. The van der Waals surface area contributed by atoms with Gasteiger partial charge in [0.05, 0.1) is 5.25 Å². The molecule has 4 unspecified atom stereocenters. The maximum Gasteiger partial charge on any atom is 0.150 e. The van der Waals surface area contributed by atoms with Gasteiger partial charge in [0.2, 0.25) is 0 Å². The zero-order valence-electron chi connectivity index (χ0n) is 12.2. The third-order valence-corrected chi connectivity index (χ3v) is 6.51. The van der Waals surface area contributed by atoms with E-state index in [1.807, 2.05) is 0 Å². The highest BCUT2D eigenvalue weighted by molar-refractivity contribution is 7.91. The van der Waals surface area contributed by atoms with E-state index in [0.717, 1.165) is 38.6 Å². The SMILES string of the molecule is CC(N)C1CCCCN1C1CCCC(S(C)(=O)=O)C1. The molecule has 2 N–H and O–H groups in total. The van der Waals surface area contributed by atoms with Gasteiger partial charge in [-0.25, -0.2) is 8.42 Å². The van der Waals surface area contributed by atoms with Crippen molar-refractivity contribution in [3.8, 4) is 0 Å². The van der Waals surface area contributed by atoms with Crippen molar-refractivity contribution in [1.82, 2.24) is 4.90 Å². The lowest BCUT2D eigenvalue weighted by molar-refractivity contribution is 0.0623. The molecule has 0 radical (unpaired) electrons. The van der Waals surface area contributed by atoms with Crippen LogP contribution in [0.5, 0.6) is 0 Å². The summed E-state index contributed by atoms with van der Waals surface area (Å²) in [5.41, 5.74) is 6.12. The smallest absolute Gasteiger partial charge is 0.150 e. The summed E-state index contributed by atoms with van der Waals surface area (Å²) in [4.78, 5) is 2.52. The van der Waals surface area contributed by atoms with Crippen molar-refractivity contribution in [3.05, 3.63) is 0 Å². The van der Waals surface area contributed by atoms with Crippen molar-refractivity contribution in [3.63, 3.8) is 0 Å². The molecule has 1 heterocycles. The summed E-state index contributed by atoms with van der Waals surface area (Å²) >= 11 is 0. The summed E-state index contributed by atoms with van der Waals surface area (Å²) in [7, 11) is -2.89. The van der Waals surface area contributed by atoms with E-state index in [1.165, 1.54) is 19.1 Å². The summed E-state index contributed by atoms with van der Waals surface area (Å²) in [6, 6.07) is 1.04. The number of sulfone groups is 1. The molecular weight excluding hydrogens is 260 g/mol. The van der Waals surface area contributed by atoms with Gasteiger partial charge in [-0.1, -0.05) is 12.8 Å². The molecule has 4 atom stereocenters. The Morgan fingerprint density at radius 3 is 2.53 bits per heavy atom. The summed E-state index contributed by atoms with van der Waals surface area (Å²) in [6.07, 6.45) is 8.85. The van der Waals surface area contributed by atoms with Crippen LogP contribution in [0.25, 0.3) is 0 Å². The quantitative estimate of drug-likeness (QED) is 0.856. The van der Waals surface area contributed by atoms with E-state index in [4.69, 9.17) is 5.73 Å². The van der Waals surface area contributed by atoms with Crippen LogP contribution in [0.2, 0.25) is 0 Å². The lowest BCUT2D eigenvalue weighted by Crippen LogP contribution is -2.55. The second kappa shape index (κ2) is 6.10. The molecule has 19 heavy (non-hydrogen) atoms. The first-order chi connectivity index (χ1) is 8.89. The van der Waals surface area contributed by atoms with Crippen LogP contribution in [0.3, 0.4) is 0 Å². The van der Waals surface area contributed by atoms with Crippen molar-refractivity contribution in [2.45, 2.75) is 75.2 Å². The van der Waals surface area contributed by atoms with Gasteiger partial charge in [0.15, 0.2) is 0 Å². The minimum Gasteiger partial charge on any atom is -0.327 e. The molecule has 1 saturated carbocycles. The van der Waals surface area contributed by atoms with Crippen LogP contribution in [0.15, 0.2) is 0 Å². The van der Waals surface area contributed by atoms with E-state index >= 15 is 0 Å². The first-order valence-corrected chi connectivity index (χ1v) is 9.55. The number of hydrogen-bond acceptors (Lipinski definition) is 4. The summed E-state index contributed by atoms with van der Waals surface area (Å²) in [5, 5.41) is -0.137. The van der Waals surface area contributed by atoms with Crippen LogP contribution in [-0.4, -0.2) is 49.5 Å². The molecule has 2 fully saturated rings. The van der Waals surface area contributed by atoms with Gasteiger partial charge >= 0.3 is 0 Å². The summed E-state index contributed by atoms with van der Waals surface area (Å²) in [6.45, 7) is 3.17. The zero-order chi connectivity index (χ0) is 14.0. The number of piperidine rings is 1. The Hall–Kier alpha value is -0.130. The Morgan fingerprint density at radius 1 is 1.16 bits per heavy atom. The van der Waals surface area contributed by atoms with Gasteiger partial charge in [-0.05, 0) is 45.6 Å². The number of nitrogens with zero attached hydrogens (tertiary/aromatic N) is 1. The van der Waals surface area contributed by atoms with Crippen LogP contribution >= 0.6 is 0 Å². The molecule has 0 spiro atoms. The molecule has 2 rings (SSSR count). The first kappa shape index (κ1) is 15.3. The van der Waals surface area contributed by atoms with Gasteiger partial charge in [-0.15, -0.1) is 0 Å². The Kier molecular flexibility index (Phi) is 4.90. The van der Waals surface area contributed by atoms with Crippen molar-refractivity contribution in [1.29, 1.82) is 0 Å². The van der Waals surface area contributed by atoms with Crippen LogP contribution in [0.4, 0.5) is 0 Å². The van der Waals surface area contributed by atoms with E-state index in [9.17, 15) is 8.42 Å². The predicted octanol–water partition coefficient (Wildman–Crippen LogP) is 1.54. The van der Waals surface area contributed by atoms with E-state index < -0.39 is 9.84 Å². The predicted molar refractivity (Wildman–Crippen MR) is 78.9 cm³/mol. The number of likely N-dealkylation sites (tertiary alicyclic amines) is 1. The standard InChI is InChI=1S/C14H28N2O2S/c1-11(15)14-8-3-4-9-16(14)12-6-5-7-13(10-12)19(2,17)18/h11-14H,3-10,15H2,1-2H3. The van der Waals surface area contributed by atoms with Gasteiger partial charge in [0.1, 0.15) is 9.84 Å². The Labute approximate surface area is 117 Å². The Bertz CT molecular complexity index is 394. The molecule has 0 aromatic carbocycles. The number of hydrogen-bond donors (Lipinski definition) is 1. The highest BCUT2D eigenvalue weighted by Gasteiger charge is 2.36. The maximum atomic E-state index is 11.8. The molecule has 1 saturated heterocycles. The van der Waals surface area contributed by atoms with Crippen LogP contribution in [0.1, 0.15) is 51.9 Å². The van der Waals surface area contributed by atoms with Crippen molar-refractivity contribution < 1.29 is 8.42 Å². The van der Waals surface area contributed by atoms with Crippen molar-refractivity contribution in [2.75, 3.05) is 12.8 Å². The van der Waals surface area contributed by atoms with Gasteiger partial charge in [-0.2, -0.15) is 0 Å². The topological polar surface area (TPSA) is 63.4 Å². The monoisotopic (exact) mass is 288 g/mol. The van der Waals surface area contributed by atoms with Crippen LogP contribution in [0, 0.1) is 0 Å². The molecule has 0 amide bonds. The van der Waals surface area contributed by atoms with E-state index in [1.54, 1.807) is 0 Å². The number of nitrogens with two attached hydrogens (primary N) is 1. The molecule has 2 aliphatic rings.